The van der Waals surface area contributed by atoms with E-state index in [1.54, 1.807) is 0 Å². The summed E-state index contributed by atoms with van der Waals surface area (Å²) in [5.74, 6) is 1.72. The van der Waals surface area contributed by atoms with Crippen molar-refractivity contribution >= 4 is 0 Å². The highest BCUT2D eigenvalue weighted by Crippen LogP contribution is 2.51. The molecule has 0 amide bonds. The topological polar surface area (TPSA) is 35.2 Å². The molecule has 1 heterocycles. The molecule has 104 valence electrons. The molecule has 2 nitrogen and oxygen atoms in total. The van der Waals surface area contributed by atoms with Gasteiger partial charge in [0.15, 0.2) is 0 Å². The molecular formula is C17H25NO. The number of hydrogen-bond donors (Lipinski definition) is 1. The number of nitrogens with two attached hydrogens (primary N) is 1. The Labute approximate surface area is 116 Å². The van der Waals surface area contributed by atoms with E-state index >= 15 is 0 Å². The van der Waals surface area contributed by atoms with E-state index in [9.17, 15) is 0 Å². The van der Waals surface area contributed by atoms with Crippen molar-refractivity contribution in [1.82, 2.24) is 0 Å². The van der Waals surface area contributed by atoms with Gasteiger partial charge >= 0.3 is 0 Å². The highest BCUT2D eigenvalue weighted by atomic mass is 16.5. The third-order valence-corrected chi connectivity index (χ3v) is 4.66. The van der Waals surface area contributed by atoms with Crippen molar-refractivity contribution < 1.29 is 4.74 Å². The number of fused-ring (bicyclic) bond motifs is 1. The molecule has 1 saturated carbocycles. The lowest BCUT2D eigenvalue weighted by molar-refractivity contribution is -0.0570. The van der Waals surface area contributed by atoms with Crippen LogP contribution in [0.2, 0.25) is 0 Å². The van der Waals surface area contributed by atoms with Crippen LogP contribution in [-0.4, -0.2) is 5.60 Å². The van der Waals surface area contributed by atoms with Gasteiger partial charge in [0.25, 0.3) is 0 Å². The Bertz CT molecular complexity index is 482. The maximum Gasteiger partial charge on any atom is 0.124 e. The third kappa shape index (κ3) is 2.38. The summed E-state index contributed by atoms with van der Waals surface area (Å²) in [4.78, 5) is 0. The summed E-state index contributed by atoms with van der Waals surface area (Å²) < 4.78 is 6.46. The van der Waals surface area contributed by atoms with Gasteiger partial charge in [-0.15, -0.1) is 0 Å². The molecule has 1 fully saturated rings. The van der Waals surface area contributed by atoms with Crippen LogP contribution in [-0.2, 0) is 0 Å². The van der Waals surface area contributed by atoms with Gasteiger partial charge in [-0.05, 0) is 36.7 Å². The first-order valence-electron chi connectivity index (χ1n) is 7.43. The first-order chi connectivity index (χ1) is 8.89. The second-order valence-electron chi connectivity index (χ2n) is 7.49. The normalized spacial score (nSPS) is 36.6. The summed E-state index contributed by atoms with van der Waals surface area (Å²) in [6.45, 7) is 7.07. The van der Waals surface area contributed by atoms with Crippen molar-refractivity contribution in [3.8, 4) is 5.75 Å². The van der Waals surface area contributed by atoms with Crippen molar-refractivity contribution in [2.45, 2.75) is 58.1 Å². The fourth-order valence-electron chi connectivity index (χ4n) is 4.57. The molecule has 0 aromatic heterocycles. The van der Waals surface area contributed by atoms with Gasteiger partial charge in [-0.1, -0.05) is 39.0 Å². The SMILES string of the molecule is CC1CC(C)(C)CC2(C1)CC(N)c1ccccc1O2. The lowest BCUT2D eigenvalue weighted by Gasteiger charge is -2.50. The van der Waals surface area contributed by atoms with Crippen LogP contribution in [0, 0.1) is 11.3 Å². The maximum absolute atomic E-state index is 6.46. The molecular weight excluding hydrogens is 234 g/mol. The van der Waals surface area contributed by atoms with Crippen molar-refractivity contribution in [3.05, 3.63) is 29.8 Å². The van der Waals surface area contributed by atoms with Gasteiger partial charge in [0, 0.05) is 18.0 Å². The minimum Gasteiger partial charge on any atom is -0.487 e. The van der Waals surface area contributed by atoms with Crippen molar-refractivity contribution in [3.63, 3.8) is 0 Å². The molecule has 2 N–H and O–H groups in total. The van der Waals surface area contributed by atoms with Crippen LogP contribution >= 0.6 is 0 Å². The standard InChI is InChI=1S/C17H25NO/c1-12-8-16(2,3)11-17(9-12)10-14(18)13-6-4-5-7-15(13)19-17/h4-7,12,14H,8-11,18H2,1-3H3. The van der Waals surface area contributed by atoms with Gasteiger partial charge in [0.1, 0.15) is 11.4 Å². The number of rotatable bonds is 0. The fourth-order valence-corrected chi connectivity index (χ4v) is 4.57. The van der Waals surface area contributed by atoms with Gasteiger partial charge in [-0.2, -0.15) is 0 Å². The molecule has 2 aliphatic rings. The number of para-hydroxylation sites is 1. The summed E-state index contributed by atoms with van der Waals surface area (Å²) >= 11 is 0. The molecule has 1 spiro atoms. The molecule has 0 saturated heterocycles. The Morgan fingerprint density at radius 2 is 1.89 bits per heavy atom. The molecule has 1 aromatic carbocycles. The van der Waals surface area contributed by atoms with Crippen molar-refractivity contribution in [1.29, 1.82) is 0 Å². The molecule has 1 aliphatic carbocycles. The van der Waals surface area contributed by atoms with E-state index in [0.717, 1.165) is 25.0 Å². The Kier molecular flexibility index (Phi) is 2.90. The predicted molar refractivity (Wildman–Crippen MR) is 78.1 cm³/mol. The molecule has 3 unspecified atom stereocenters. The molecule has 2 heteroatoms. The van der Waals surface area contributed by atoms with Crippen molar-refractivity contribution in [2.75, 3.05) is 0 Å². The lowest BCUT2D eigenvalue weighted by Crippen LogP contribution is -2.50. The van der Waals surface area contributed by atoms with E-state index in [-0.39, 0.29) is 11.6 Å². The summed E-state index contributed by atoms with van der Waals surface area (Å²) in [5.41, 5.74) is 7.88. The third-order valence-electron chi connectivity index (χ3n) is 4.66. The summed E-state index contributed by atoms with van der Waals surface area (Å²) in [6, 6.07) is 8.38. The van der Waals surface area contributed by atoms with E-state index in [0.29, 0.717) is 11.3 Å². The molecule has 0 radical (unpaired) electrons. The number of ether oxygens (including phenoxy) is 1. The minimum absolute atomic E-state index is 0.0467. The van der Waals surface area contributed by atoms with Gasteiger partial charge < -0.3 is 10.5 Å². The first kappa shape index (κ1) is 13.0. The van der Waals surface area contributed by atoms with Crippen LogP contribution in [0.25, 0.3) is 0 Å². The smallest absolute Gasteiger partial charge is 0.124 e. The molecule has 1 aromatic rings. The van der Waals surface area contributed by atoms with Crippen LogP contribution < -0.4 is 10.5 Å². The zero-order valence-electron chi connectivity index (χ0n) is 12.3. The van der Waals surface area contributed by atoms with Gasteiger partial charge in [-0.3, -0.25) is 0 Å². The van der Waals surface area contributed by atoms with E-state index in [1.807, 2.05) is 12.1 Å². The van der Waals surface area contributed by atoms with E-state index < -0.39 is 0 Å². The Hall–Kier alpha value is -1.02. The van der Waals surface area contributed by atoms with Crippen LogP contribution in [0.5, 0.6) is 5.75 Å². The zero-order chi connectivity index (χ0) is 13.7. The highest BCUT2D eigenvalue weighted by Gasteiger charge is 2.47. The summed E-state index contributed by atoms with van der Waals surface area (Å²) in [5, 5.41) is 0. The van der Waals surface area contributed by atoms with Crippen LogP contribution in [0.15, 0.2) is 24.3 Å². The molecule has 3 rings (SSSR count). The lowest BCUT2D eigenvalue weighted by atomic mass is 9.63. The Balaban J connectivity index is 1.95. The maximum atomic E-state index is 6.46. The van der Waals surface area contributed by atoms with Gasteiger partial charge in [-0.25, -0.2) is 0 Å². The number of benzene rings is 1. The fraction of sp³-hybridized carbons (Fsp3) is 0.647. The average molecular weight is 259 g/mol. The van der Waals surface area contributed by atoms with Gasteiger partial charge in [0.05, 0.1) is 0 Å². The second-order valence-corrected chi connectivity index (χ2v) is 7.49. The molecule has 0 bridgehead atoms. The Morgan fingerprint density at radius 1 is 1.16 bits per heavy atom. The quantitative estimate of drug-likeness (QED) is 0.762. The first-order valence-corrected chi connectivity index (χ1v) is 7.43. The molecule has 3 atom stereocenters. The minimum atomic E-state index is -0.0467. The van der Waals surface area contributed by atoms with E-state index in [2.05, 4.69) is 32.9 Å². The van der Waals surface area contributed by atoms with E-state index in [1.165, 1.54) is 12.0 Å². The van der Waals surface area contributed by atoms with Crippen LogP contribution in [0.4, 0.5) is 0 Å². The van der Waals surface area contributed by atoms with Crippen LogP contribution in [0.3, 0.4) is 0 Å². The van der Waals surface area contributed by atoms with Crippen molar-refractivity contribution in [2.24, 2.45) is 17.1 Å². The summed E-state index contributed by atoms with van der Waals surface area (Å²) in [6.07, 6.45) is 4.50. The summed E-state index contributed by atoms with van der Waals surface area (Å²) in [7, 11) is 0. The highest BCUT2D eigenvalue weighted by molar-refractivity contribution is 5.38. The monoisotopic (exact) mass is 259 g/mol. The Morgan fingerprint density at radius 3 is 2.63 bits per heavy atom. The molecule has 19 heavy (non-hydrogen) atoms. The number of hydrogen-bond acceptors (Lipinski definition) is 2. The largest absolute Gasteiger partial charge is 0.487 e. The second kappa shape index (κ2) is 4.24. The van der Waals surface area contributed by atoms with Gasteiger partial charge in [0.2, 0.25) is 0 Å². The zero-order valence-corrected chi connectivity index (χ0v) is 12.3. The van der Waals surface area contributed by atoms with E-state index in [4.69, 9.17) is 10.5 Å². The average Bonchev–Trinajstić information content (AvgIpc) is 2.25. The predicted octanol–water partition coefficient (Wildman–Crippen LogP) is 4.05. The van der Waals surface area contributed by atoms with Crippen LogP contribution in [0.1, 0.15) is 58.1 Å². The molecule has 1 aliphatic heterocycles.